The molecule has 1 N–H and O–H groups in total. The molecule has 1 aromatic rings. The molecular weight excluding hydrogens is 278 g/mol. The molecule has 5 nitrogen and oxygen atoms in total. The van der Waals surface area contributed by atoms with Gasteiger partial charge < -0.3 is 4.74 Å². The molecule has 1 saturated carbocycles. The van der Waals surface area contributed by atoms with E-state index in [0.717, 1.165) is 0 Å². The Hall–Kier alpha value is -1.11. The van der Waals surface area contributed by atoms with E-state index < -0.39 is 21.5 Å². The van der Waals surface area contributed by atoms with Crippen molar-refractivity contribution in [3.8, 4) is 0 Å². The summed E-state index contributed by atoms with van der Waals surface area (Å²) in [6.45, 7) is 0. The minimum absolute atomic E-state index is 0.0714. The van der Waals surface area contributed by atoms with E-state index in [9.17, 15) is 13.2 Å². The quantitative estimate of drug-likeness (QED) is 0.849. The van der Waals surface area contributed by atoms with Crippen LogP contribution in [0.1, 0.15) is 12.8 Å². The number of carbonyl (C=O) groups excluding carboxylic acids is 1. The standard InChI is InChI=1S/C11H12ClNO4S/c1-17-10(14)11(6-7-11)13-18(15,16)9-4-2-8(12)3-5-9/h2-5,13H,6-7H2,1H3. The zero-order valence-corrected chi connectivity index (χ0v) is 11.2. The molecule has 98 valence electrons. The number of nitrogens with one attached hydrogen (secondary N) is 1. The zero-order valence-electron chi connectivity index (χ0n) is 9.64. The summed E-state index contributed by atoms with van der Waals surface area (Å²) in [5, 5.41) is 0.447. The highest BCUT2D eigenvalue weighted by Gasteiger charge is 2.54. The van der Waals surface area contributed by atoms with Crippen LogP contribution in [0.5, 0.6) is 0 Å². The Labute approximate surface area is 110 Å². The van der Waals surface area contributed by atoms with E-state index >= 15 is 0 Å². The summed E-state index contributed by atoms with van der Waals surface area (Å²) in [5.74, 6) is -0.556. The molecule has 1 aromatic carbocycles. The highest BCUT2D eigenvalue weighted by molar-refractivity contribution is 7.89. The van der Waals surface area contributed by atoms with Gasteiger partial charge in [0.05, 0.1) is 12.0 Å². The zero-order chi connectivity index (χ0) is 13.4. The van der Waals surface area contributed by atoms with Crippen molar-refractivity contribution in [2.24, 2.45) is 0 Å². The molecule has 1 aliphatic rings. The van der Waals surface area contributed by atoms with Crippen molar-refractivity contribution in [1.82, 2.24) is 4.72 Å². The fourth-order valence-corrected chi connectivity index (χ4v) is 3.14. The molecule has 0 radical (unpaired) electrons. The fraction of sp³-hybridized carbons (Fsp3) is 0.364. The Morgan fingerprint density at radius 2 is 1.89 bits per heavy atom. The summed E-state index contributed by atoms with van der Waals surface area (Å²) in [7, 11) is -2.50. The molecule has 0 spiro atoms. The summed E-state index contributed by atoms with van der Waals surface area (Å²) in [6.07, 6.45) is 0.902. The van der Waals surface area contributed by atoms with Crippen molar-refractivity contribution in [3.05, 3.63) is 29.3 Å². The summed E-state index contributed by atoms with van der Waals surface area (Å²) in [4.78, 5) is 11.6. The number of hydrogen-bond acceptors (Lipinski definition) is 4. The largest absolute Gasteiger partial charge is 0.468 e. The van der Waals surface area contributed by atoms with Gasteiger partial charge in [0.15, 0.2) is 0 Å². The first kappa shape index (κ1) is 13.3. The molecule has 1 aliphatic carbocycles. The molecular formula is C11H12ClNO4S. The predicted molar refractivity (Wildman–Crippen MR) is 65.8 cm³/mol. The lowest BCUT2D eigenvalue weighted by atomic mass is 10.3. The first-order chi connectivity index (χ1) is 8.39. The maximum Gasteiger partial charge on any atom is 0.327 e. The van der Waals surface area contributed by atoms with Crippen LogP contribution < -0.4 is 4.72 Å². The van der Waals surface area contributed by atoms with Crippen LogP contribution in [0.15, 0.2) is 29.2 Å². The van der Waals surface area contributed by atoms with Crippen LogP contribution in [0.4, 0.5) is 0 Å². The van der Waals surface area contributed by atoms with Crippen molar-refractivity contribution in [2.75, 3.05) is 7.11 Å². The second-order valence-corrected chi connectivity index (χ2v) is 6.25. The number of benzene rings is 1. The van der Waals surface area contributed by atoms with Crippen LogP contribution in [0.2, 0.25) is 5.02 Å². The Morgan fingerprint density at radius 3 is 2.33 bits per heavy atom. The van der Waals surface area contributed by atoms with Crippen molar-refractivity contribution >= 4 is 27.6 Å². The van der Waals surface area contributed by atoms with Crippen LogP contribution in [0, 0.1) is 0 Å². The van der Waals surface area contributed by atoms with Crippen molar-refractivity contribution in [3.63, 3.8) is 0 Å². The summed E-state index contributed by atoms with van der Waals surface area (Å²) in [5.41, 5.74) is -1.09. The molecule has 0 heterocycles. The lowest BCUT2D eigenvalue weighted by Crippen LogP contribution is -2.43. The molecule has 0 unspecified atom stereocenters. The number of sulfonamides is 1. The Bertz CT molecular complexity index is 563. The lowest BCUT2D eigenvalue weighted by molar-refractivity contribution is -0.143. The number of esters is 1. The minimum atomic E-state index is -3.74. The fourth-order valence-electron chi connectivity index (χ4n) is 1.60. The van der Waals surface area contributed by atoms with E-state index in [4.69, 9.17) is 11.6 Å². The highest BCUT2D eigenvalue weighted by atomic mass is 35.5. The van der Waals surface area contributed by atoms with Gasteiger partial charge in [-0.25, -0.2) is 8.42 Å². The summed E-state index contributed by atoms with van der Waals surface area (Å²) >= 11 is 5.69. The topological polar surface area (TPSA) is 72.5 Å². The number of hydrogen-bond donors (Lipinski definition) is 1. The normalized spacial score (nSPS) is 17.2. The van der Waals surface area contributed by atoms with Gasteiger partial charge in [-0.3, -0.25) is 4.79 Å². The Kier molecular flexibility index (Phi) is 3.35. The molecule has 0 atom stereocenters. The first-order valence-corrected chi connectivity index (χ1v) is 7.14. The maximum atomic E-state index is 12.1. The van der Waals surface area contributed by atoms with Gasteiger partial charge in [0.25, 0.3) is 0 Å². The van der Waals surface area contributed by atoms with Gasteiger partial charge in [-0.15, -0.1) is 0 Å². The van der Waals surface area contributed by atoms with Crippen LogP contribution in [-0.2, 0) is 19.6 Å². The van der Waals surface area contributed by atoms with E-state index in [2.05, 4.69) is 9.46 Å². The van der Waals surface area contributed by atoms with Gasteiger partial charge in [0.1, 0.15) is 5.54 Å². The Morgan fingerprint density at radius 1 is 1.33 bits per heavy atom. The summed E-state index contributed by atoms with van der Waals surface area (Å²) < 4.78 is 31.1. The predicted octanol–water partition coefficient (Wildman–Crippen LogP) is 1.32. The number of rotatable bonds is 4. The van der Waals surface area contributed by atoms with E-state index in [-0.39, 0.29) is 4.90 Å². The SMILES string of the molecule is COC(=O)C1(NS(=O)(=O)c2ccc(Cl)cc2)CC1. The van der Waals surface area contributed by atoms with Crippen molar-refractivity contribution in [2.45, 2.75) is 23.3 Å². The lowest BCUT2D eigenvalue weighted by Gasteiger charge is -2.14. The monoisotopic (exact) mass is 289 g/mol. The third-order valence-corrected chi connectivity index (χ3v) is 4.58. The highest BCUT2D eigenvalue weighted by Crippen LogP contribution is 2.38. The minimum Gasteiger partial charge on any atom is -0.468 e. The molecule has 1 fully saturated rings. The second-order valence-electron chi connectivity index (χ2n) is 4.13. The molecule has 0 amide bonds. The third kappa shape index (κ3) is 2.50. The van der Waals surface area contributed by atoms with Gasteiger partial charge in [-0.2, -0.15) is 4.72 Å². The average molecular weight is 290 g/mol. The van der Waals surface area contributed by atoms with Crippen LogP contribution in [0.3, 0.4) is 0 Å². The van der Waals surface area contributed by atoms with Gasteiger partial charge in [0.2, 0.25) is 10.0 Å². The van der Waals surface area contributed by atoms with Crippen LogP contribution in [0.25, 0.3) is 0 Å². The average Bonchev–Trinajstić information content (AvgIpc) is 3.09. The molecule has 0 bridgehead atoms. The second kappa shape index (κ2) is 4.53. The van der Waals surface area contributed by atoms with Crippen LogP contribution in [-0.4, -0.2) is 27.0 Å². The van der Waals surface area contributed by atoms with Gasteiger partial charge in [-0.05, 0) is 37.1 Å². The molecule has 7 heteroatoms. The molecule has 0 aromatic heterocycles. The number of ether oxygens (including phenoxy) is 1. The molecule has 0 saturated heterocycles. The molecule has 2 rings (SSSR count). The third-order valence-electron chi connectivity index (χ3n) is 2.78. The number of methoxy groups -OCH3 is 1. The van der Waals surface area contributed by atoms with Crippen LogP contribution >= 0.6 is 11.6 Å². The van der Waals surface area contributed by atoms with Crippen molar-refractivity contribution in [1.29, 1.82) is 0 Å². The van der Waals surface area contributed by atoms with Gasteiger partial charge in [-0.1, -0.05) is 11.6 Å². The molecule has 0 aliphatic heterocycles. The maximum absolute atomic E-state index is 12.1. The summed E-state index contributed by atoms with van der Waals surface area (Å²) in [6, 6.07) is 5.73. The van der Waals surface area contributed by atoms with E-state index in [0.29, 0.717) is 17.9 Å². The van der Waals surface area contributed by atoms with Gasteiger partial charge >= 0.3 is 5.97 Å². The van der Waals surface area contributed by atoms with E-state index in [1.54, 1.807) is 0 Å². The first-order valence-electron chi connectivity index (χ1n) is 5.28. The van der Waals surface area contributed by atoms with Gasteiger partial charge in [0, 0.05) is 5.02 Å². The number of halogens is 1. The molecule has 18 heavy (non-hydrogen) atoms. The number of carbonyl (C=O) groups is 1. The van der Waals surface area contributed by atoms with E-state index in [1.807, 2.05) is 0 Å². The van der Waals surface area contributed by atoms with Crippen molar-refractivity contribution < 1.29 is 17.9 Å². The smallest absolute Gasteiger partial charge is 0.327 e. The Balaban J connectivity index is 2.23. The van der Waals surface area contributed by atoms with E-state index in [1.165, 1.54) is 31.4 Å².